The van der Waals surface area contributed by atoms with E-state index in [1.807, 2.05) is 11.3 Å². The van der Waals surface area contributed by atoms with Crippen molar-refractivity contribution in [2.45, 2.75) is 39.3 Å². The summed E-state index contributed by atoms with van der Waals surface area (Å²) in [5, 5.41) is 15.4. The highest BCUT2D eigenvalue weighted by Crippen LogP contribution is 2.28. The van der Waals surface area contributed by atoms with Gasteiger partial charge in [0, 0.05) is 5.38 Å². The summed E-state index contributed by atoms with van der Waals surface area (Å²) in [6, 6.07) is 6.41. The van der Waals surface area contributed by atoms with Gasteiger partial charge in [0.05, 0.1) is 30.0 Å². The molecule has 1 N–H and O–H groups in total. The van der Waals surface area contributed by atoms with Crippen LogP contribution in [0.4, 0.5) is 5.13 Å². The summed E-state index contributed by atoms with van der Waals surface area (Å²) in [5.74, 6) is -0.376. The Morgan fingerprint density at radius 3 is 2.66 bits per heavy atom. The number of thiazole rings is 1. The number of amides is 1. The largest absolute Gasteiger partial charge is 0.466 e. The summed E-state index contributed by atoms with van der Waals surface area (Å²) in [6.07, 6.45) is 0.0893. The van der Waals surface area contributed by atoms with E-state index in [2.05, 4.69) is 52.5 Å². The van der Waals surface area contributed by atoms with E-state index in [0.29, 0.717) is 22.6 Å². The lowest BCUT2D eigenvalue weighted by molar-refractivity contribution is -0.142. The van der Waals surface area contributed by atoms with Gasteiger partial charge in [-0.25, -0.2) is 4.98 Å². The summed E-state index contributed by atoms with van der Waals surface area (Å²) in [7, 11) is 0. The number of rotatable bonds is 7. The molecule has 10 heteroatoms. The molecule has 3 heterocycles. The van der Waals surface area contributed by atoms with Crippen LogP contribution in [0.1, 0.15) is 29.3 Å². The minimum absolute atomic E-state index is 0.0893. The molecule has 8 nitrogen and oxygen atoms in total. The molecule has 0 aliphatic rings. The zero-order chi connectivity index (χ0) is 22.8. The quantitative estimate of drug-likeness (QED) is 0.321. The number of nitrogens with one attached hydrogen (secondary N) is 1. The second-order valence-corrected chi connectivity index (χ2v) is 9.23. The van der Waals surface area contributed by atoms with Gasteiger partial charge in [0.1, 0.15) is 0 Å². The monoisotopic (exact) mass is 469 g/mol. The predicted octanol–water partition coefficient (Wildman–Crippen LogP) is 4.10. The standard InChI is InChI=1S/C22H23N5O3S2/c1-5-30-19(29)9-16-10-31-21(23-16)24-18(28)11-32-22-26-25-20-14(4)7-15-6-12(2)13(3)8-17(15)27(20)22/h6-8,10H,5,9,11H2,1-4H3,(H,23,24,28). The highest BCUT2D eigenvalue weighted by molar-refractivity contribution is 7.99. The van der Waals surface area contributed by atoms with Crippen LogP contribution in [-0.2, 0) is 20.7 Å². The number of anilines is 1. The Morgan fingerprint density at radius 2 is 1.88 bits per heavy atom. The smallest absolute Gasteiger partial charge is 0.311 e. The van der Waals surface area contributed by atoms with E-state index in [1.165, 1.54) is 34.2 Å². The molecule has 0 fully saturated rings. The van der Waals surface area contributed by atoms with Gasteiger partial charge in [0.25, 0.3) is 0 Å². The first-order chi connectivity index (χ1) is 15.4. The van der Waals surface area contributed by atoms with Crippen molar-refractivity contribution in [2.24, 2.45) is 0 Å². The van der Waals surface area contributed by atoms with Crippen molar-refractivity contribution in [3.05, 3.63) is 46.0 Å². The number of esters is 1. The van der Waals surface area contributed by atoms with Crippen LogP contribution in [0.2, 0.25) is 0 Å². The molecule has 0 radical (unpaired) electrons. The molecule has 166 valence electrons. The van der Waals surface area contributed by atoms with Crippen LogP contribution in [0.5, 0.6) is 0 Å². The van der Waals surface area contributed by atoms with Gasteiger partial charge in [0.2, 0.25) is 5.91 Å². The summed E-state index contributed by atoms with van der Waals surface area (Å²) in [5.41, 5.74) is 5.82. The number of nitrogens with zero attached hydrogens (tertiary/aromatic N) is 4. The molecule has 0 aliphatic heterocycles. The Bertz CT molecular complexity index is 1330. The number of fused-ring (bicyclic) bond motifs is 3. The Balaban J connectivity index is 1.49. The van der Waals surface area contributed by atoms with E-state index in [-0.39, 0.29) is 24.1 Å². The molecule has 0 saturated carbocycles. The van der Waals surface area contributed by atoms with Crippen LogP contribution >= 0.6 is 23.1 Å². The Morgan fingerprint density at radius 1 is 1.12 bits per heavy atom. The zero-order valence-corrected chi connectivity index (χ0v) is 19.9. The number of ether oxygens (including phenoxy) is 1. The molecule has 4 rings (SSSR count). The first kappa shape index (κ1) is 22.2. The van der Waals surface area contributed by atoms with E-state index < -0.39 is 0 Å². The summed E-state index contributed by atoms with van der Waals surface area (Å²) in [4.78, 5) is 28.4. The molecule has 1 amide bonds. The second-order valence-electron chi connectivity index (χ2n) is 7.43. The number of thioether (sulfide) groups is 1. The van der Waals surface area contributed by atoms with Crippen LogP contribution in [0, 0.1) is 20.8 Å². The Kier molecular flexibility index (Phi) is 6.43. The lowest BCUT2D eigenvalue weighted by Gasteiger charge is -2.09. The fourth-order valence-electron chi connectivity index (χ4n) is 3.36. The van der Waals surface area contributed by atoms with Gasteiger partial charge in [-0.2, -0.15) is 0 Å². The first-order valence-corrected chi connectivity index (χ1v) is 12.0. The maximum absolute atomic E-state index is 12.5. The number of benzene rings is 1. The summed E-state index contributed by atoms with van der Waals surface area (Å²) >= 11 is 2.60. The molecular weight excluding hydrogens is 446 g/mol. The van der Waals surface area contributed by atoms with Gasteiger partial charge in [-0.1, -0.05) is 11.8 Å². The molecule has 0 aliphatic carbocycles. The number of hydrogen-bond acceptors (Lipinski definition) is 8. The van der Waals surface area contributed by atoms with E-state index in [1.54, 1.807) is 12.3 Å². The van der Waals surface area contributed by atoms with E-state index >= 15 is 0 Å². The SMILES string of the molecule is CCOC(=O)Cc1csc(NC(=O)CSc2nnc3c(C)cc4cc(C)c(C)cc4n23)n1. The third-order valence-corrected chi connectivity index (χ3v) is 6.74. The number of aryl methyl sites for hydroxylation is 3. The van der Waals surface area contributed by atoms with E-state index in [0.717, 1.165) is 22.1 Å². The highest BCUT2D eigenvalue weighted by atomic mass is 32.2. The molecular formula is C22H23N5O3S2. The highest BCUT2D eigenvalue weighted by Gasteiger charge is 2.16. The number of aromatic nitrogens is 4. The predicted molar refractivity (Wildman–Crippen MR) is 127 cm³/mol. The van der Waals surface area contributed by atoms with Gasteiger partial charge in [0.15, 0.2) is 15.9 Å². The number of hydrogen-bond donors (Lipinski definition) is 1. The van der Waals surface area contributed by atoms with Crippen LogP contribution in [0.3, 0.4) is 0 Å². The van der Waals surface area contributed by atoms with Crippen molar-refractivity contribution in [3.8, 4) is 0 Å². The number of pyridine rings is 1. The van der Waals surface area contributed by atoms with Crippen LogP contribution in [-0.4, -0.2) is 43.8 Å². The third kappa shape index (κ3) is 4.61. The van der Waals surface area contributed by atoms with Crippen molar-refractivity contribution in [1.82, 2.24) is 19.6 Å². The van der Waals surface area contributed by atoms with E-state index in [9.17, 15) is 9.59 Å². The van der Waals surface area contributed by atoms with Gasteiger partial charge in [-0.05, 0) is 68.0 Å². The second kappa shape index (κ2) is 9.25. The Labute approximate surface area is 193 Å². The van der Waals surface area contributed by atoms with Crippen molar-refractivity contribution < 1.29 is 14.3 Å². The average molecular weight is 470 g/mol. The molecule has 32 heavy (non-hydrogen) atoms. The molecule has 4 aromatic rings. The molecule has 0 unspecified atom stereocenters. The topological polar surface area (TPSA) is 98.5 Å². The summed E-state index contributed by atoms with van der Waals surface area (Å²) in [6.45, 7) is 8.27. The molecule has 0 spiro atoms. The minimum Gasteiger partial charge on any atom is -0.466 e. The van der Waals surface area contributed by atoms with Gasteiger partial charge < -0.3 is 10.1 Å². The van der Waals surface area contributed by atoms with Crippen molar-refractivity contribution in [2.75, 3.05) is 17.7 Å². The maximum Gasteiger partial charge on any atom is 0.311 e. The fourth-order valence-corrected chi connectivity index (χ4v) is 4.83. The molecule has 3 aromatic heterocycles. The van der Waals surface area contributed by atoms with Gasteiger partial charge in [-0.3, -0.25) is 14.0 Å². The number of carbonyl (C=O) groups is 2. The normalized spacial score (nSPS) is 11.2. The summed E-state index contributed by atoms with van der Waals surface area (Å²) < 4.78 is 6.93. The van der Waals surface area contributed by atoms with Crippen LogP contribution in [0.25, 0.3) is 16.6 Å². The maximum atomic E-state index is 12.5. The van der Waals surface area contributed by atoms with E-state index in [4.69, 9.17) is 4.74 Å². The first-order valence-electron chi connectivity index (χ1n) is 10.1. The van der Waals surface area contributed by atoms with Crippen LogP contribution in [0.15, 0.2) is 28.7 Å². The molecule has 1 aromatic carbocycles. The molecule has 0 saturated heterocycles. The fraction of sp³-hybridized carbons (Fsp3) is 0.318. The molecule has 0 atom stereocenters. The number of carbonyl (C=O) groups excluding carboxylic acids is 2. The third-order valence-electron chi connectivity index (χ3n) is 5.00. The van der Waals surface area contributed by atoms with Crippen molar-refractivity contribution in [1.29, 1.82) is 0 Å². The average Bonchev–Trinajstić information content (AvgIpc) is 3.36. The lowest BCUT2D eigenvalue weighted by atomic mass is 10.0. The van der Waals surface area contributed by atoms with Gasteiger partial charge >= 0.3 is 5.97 Å². The minimum atomic E-state index is -0.335. The van der Waals surface area contributed by atoms with Crippen molar-refractivity contribution >= 4 is 56.7 Å². The van der Waals surface area contributed by atoms with Gasteiger partial charge in [-0.15, -0.1) is 21.5 Å². The Hall–Kier alpha value is -2.98. The zero-order valence-electron chi connectivity index (χ0n) is 18.3. The van der Waals surface area contributed by atoms with Crippen molar-refractivity contribution in [3.63, 3.8) is 0 Å². The molecule has 0 bridgehead atoms. The van der Waals surface area contributed by atoms with Crippen LogP contribution < -0.4 is 5.32 Å². The lowest BCUT2D eigenvalue weighted by Crippen LogP contribution is -2.14.